The number of ether oxygens (including phenoxy) is 1. The van der Waals surface area contributed by atoms with Gasteiger partial charge in [-0.25, -0.2) is 4.98 Å². The zero-order valence-corrected chi connectivity index (χ0v) is 16.1. The summed E-state index contributed by atoms with van der Waals surface area (Å²) in [4.78, 5) is 13.8. The van der Waals surface area contributed by atoms with Crippen LogP contribution < -0.4 is 9.80 Å². The van der Waals surface area contributed by atoms with E-state index in [2.05, 4.69) is 44.9 Å². The molecule has 0 atom stereocenters. The van der Waals surface area contributed by atoms with E-state index >= 15 is 0 Å². The number of pyridine rings is 1. The fraction of sp³-hybridized carbons (Fsp3) is 0.364. The lowest BCUT2D eigenvalue weighted by Gasteiger charge is -2.32. The number of fused-ring (bicyclic) bond motifs is 1. The molecule has 5 rings (SSSR count). The van der Waals surface area contributed by atoms with Gasteiger partial charge in [0.05, 0.1) is 25.5 Å². The Morgan fingerprint density at radius 3 is 2.57 bits per heavy atom. The summed E-state index contributed by atoms with van der Waals surface area (Å²) in [6, 6.07) is 12.6. The number of aromatic nitrogens is 2. The summed E-state index contributed by atoms with van der Waals surface area (Å²) in [7, 11) is 0. The van der Waals surface area contributed by atoms with Crippen LogP contribution >= 0.6 is 0 Å². The van der Waals surface area contributed by atoms with Gasteiger partial charge in [-0.2, -0.15) is 0 Å². The molecular weight excluding hydrogens is 352 g/mol. The Hall–Kier alpha value is -2.86. The lowest BCUT2D eigenvalue weighted by molar-refractivity contribution is 0.122. The first-order valence-electron chi connectivity index (χ1n) is 9.85. The van der Waals surface area contributed by atoms with Crippen molar-refractivity contribution in [3.8, 4) is 11.6 Å². The molecule has 4 heterocycles. The largest absolute Gasteiger partial charge is 0.438 e. The summed E-state index contributed by atoms with van der Waals surface area (Å²) in [6.07, 6.45) is 2.65. The minimum atomic E-state index is 0.616. The van der Waals surface area contributed by atoms with Crippen LogP contribution in [0.25, 0.3) is 11.6 Å². The first-order chi connectivity index (χ1) is 13.8. The van der Waals surface area contributed by atoms with Gasteiger partial charge in [0.15, 0.2) is 0 Å². The number of morpholine rings is 1. The normalized spacial score (nSPS) is 16.9. The van der Waals surface area contributed by atoms with E-state index in [0.717, 1.165) is 63.0 Å². The molecule has 2 aliphatic rings. The molecule has 6 heteroatoms. The maximum Gasteiger partial charge on any atom is 0.245 e. The summed E-state index contributed by atoms with van der Waals surface area (Å²) >= 11 is 0. The highest BCUT2D eigenvalue weighted by Crippen LogP contribution is 2.31. The number of nitrogens with zero attached hydrogens (tertiary/aromatic N) is 4. The van der Waals surface area contributed by atoms with Crippen LogP contribution in [0, 0.1) is 6.92 Å². The molecular formula is C22H24N4O2. The number of hydrogen-bond acceptors (Lipinski definition) is 6. The van der Waals surface area contributed by atoms with E-state index in [1.54, 1.807) is 6.20 Å². The molecule has 0 unspecified atom stereocenters. The average Bonchev–Trinajstić information content (AvgIpc) is 3.18. The van der Waals surface area contributed by atoms with E-state index in [-0.39, 0.29) is 0 Å². The van der Waals surface area contributed by atoms with Crippen molar-refractivity contribution >= 4 is 11.4 Å². The molecule has 3 aromatic rings. The third kappa shape index (κ3) is 3.36. The molecule has 0 spiro atoms. The van der Waals surface area contributed by atoms with E-state index < -0.39 is 0 Å². The number of hydrogen-bond donors (Lipinski definition) is 0. The number of oxazole rings is 1. The predicted octanol–water partition coefficient (Wildman–Crippen LogP) is 3.44. The lowest BCUT2D eigenvalue weighted by atomic mass is 10.1. The summed E-state index contributed by atoms with van der Waals surface area (Å²) in [5, 5.41) is 0. The van der Waals surface area contributed by atoms with Crippen LogP contribution in [0.3, 0.4) is 0 Å². The molecule has 0 aliphatic carbocycles. The standard InChI is InChI=1S/C22H24N4O2/c1-16-12-17(25-8-10-27-11-9-25)14-18(13-16)26-7-5-19-21(15-26)28-22(24-19)20-4-2-3-6-23-20/h2-4,6,12-14H,5,7-11,15H2,1H3. The number of aryl methyl sites for hydroxylation is 1. The highest BCUT2D eigenvalue weighted by Gasteiger charge is 2.24. The van der Waals surface area contributed by atoms with Crippen molar-refractivity contribution in [2.45, 2.75) is 19.9 Å². The van der Waals surface area contributed by atoms with Gasteiger partial charge in [-0.05, 0) is 42.8 Å². The Bertz CT molecular complexity index is 964. The van der Waals surface area contributed by atoms with Crippen molar-refractivity contribution in [3.05, 3.63) is 59.6 Å². The third-order valence-corrected chi connectivity index (χ3v) is 5.40. The van der Waals surface area contributed by atoms with Crippen LogP contribution in [-0.4, -0.2) is 42.8 Å². The number of anilines is 2. The van der Waals surface area contributed by atoms with E-state index in [9.17, 15) is 0 Å². The molecule has 1 aromatic carbocycles. The van der Waals surface area contributed by atoms with Crippen molar-refractivity contribution in [1.82, 2.24) is 9.97 Å². The molecule has 0 bridgehead atoms. The van der Waals surface area contributed by atoms with Crippen molar-refractivity contribution < 1.29 is 9.15 Å². The van der Waals surface area contributed by atoms with Gasteiger partial charge in [-0.15, -0.1) is 0 Å². The van der Waals surface area contributed by atoms with Gasteiger partial charge < -0.3 is 19.0 Å². The Balaban J connectivity index is 1.40. The molecule has 0 N–H and O–H groups in total. The molecule has 0 saturated carbocycles. The van der Waals surface area contributed by atoms with Gasteiger partial charge in [0.2, 0.25) is 5.89 Å². The van der Waals surface area contributed by atoms with E-state index in [0.29, 0.717) is 5.89 Å². The molecule has 28 heavy (non-hydrogen) atoms. The first-order valence-corrected chi connectivity index (χ1v) is 9.85. The van der Waals surface area contributed by atoms with Crippen molar-refractivity contribution in [3.63, 3.8) is 0 Å². The van der Waals surface area contributed by atoms with Crippen LogP contribution in [0.4, 0.5) is 11.4 Å². The second-order valence-electron chi connectivity index (χ2n) is 7.40. The van der Waals surface area contributed by atoms with Crippen LogP contribution in [0.15, 0.2) is 47.0 Å². The monoisotopic (exact) mass is 376 g/mol. The first kappa shape index (κ1) is 17.3. The fourth-order valence-electron chi connectivity index (χ4n) is 3.94. The zero-order chi connectivity index (χ0) is 18.9. The van der Waals surface area contributed by atoms with Crippen molar-refractivity contribution in [2.24, 2.45) is 0 Å². The summed E-state index contributed by atoms with van der Waals surface area (Å²) in [6.45, 7) is 7.32. The maximum absolute atomic E-state index is 6.08. The zero-order valence-electron chi connectivity index (χ0n) is 16.1. The Kier molecular flexibility index (Phi) is 4.49. The van der Waals surface area contributed by atoms with E-state index in [4.69, 9.17) is 9.15 Å². The SMILES string of the molecule is Cc1cc(N2CCOCC2)cc(N2CCc3nc(-c4ccccn4)oc3C2)c1. The van der Waals surface area contributed by atoms with Gasteiger partial charge in [-0.1, -0.05) is 6.07 Å². The highest BCUT2D eigenvalue weighted by atomic mass is 16.5. The van der Waals surface area contributed by atoms with Crippen LogP contribution in [0.2, 0.25) is 0 Å². The summed E-state index contributed by atoms with van der Waals surface area (Å²) < 4.78 is 11.6. The summed E-state index contributed by atoms with van der Waals surface area (Å²) in [5.74, 6) is 1.56. The number of benzene rings is 1. The second-order valence-corrected chi connectivity index (χ2v) is 7.40. The fourth-order valence-corrected chi connectivity index (χ4v) is 3.94. The van der Waals surface area contributed by atoms with Gasteiger partial charge in [0.25, 0.3) is 0 Å². The minimum absolute atomic E-state index is 0.616. The predicted molar refractivity (Wildman–Crippen MR) is 109 cm³/mol. The molecule has 144 valence electrons. The Morgan fingerprint density at radius 2 is 1.79 bits per heavy atom. The lowest BCUT2D eigenvalue weighted by Crippen LogP contribution is -2.36. The molecule has 2 aromatic heterocycles. The van der Waals surface area contributed by atoms with Crippen molar-refractivity contribution in [2.75, 3.05) is 42.6 Å². The quantitative estimate of drug-likeness (QED) is 0.698. The molecule has 0 radical (unpaired) electrons. The molecule has 2 aliphatic heterocycles. The topological polar surface area (TPSA) is 54.6 Å². The maximum atomic E-state index is 6.08. The van der Waals surface area contributed by atoms with Gasteiger partial charge in [-0.3, -0.25) is 4.98 Å². The van der Waals surface area contributed by atoms with Crippen LogP contribution in [0.5, 0.6) is 0 Å². The molecule has 0 amide bonds. The van der Waals surface area contributed by atoms with Crippen LogP contribution in [0.1, 0.15) is 17.0 Å². The molecule has 6 nitrogen and oxygen atoms in total. The Morgan fingerprint density at radius 1 is 0.964 bits per heavy atom. The summed E-state index contributed by atoms with van der Waals surface area (Å²) in [5.41, 5.74) is 5.63. The number of rotatable bonds is 3. The van der Waals surface area contributed by atoms with Gasteiger partial charge in [0.1, 0.15) is 11.5 Å². The smallest absolute Gasteiger partial charge is 0.245 e. The second kappa shape index (κ2) is 7.28. The average molecular weight is 376 g/mol. The molecule has 1 fully saturated rings. The van der Waals surface area contributed by atoms with E-state index in [1.165, 1.54) is 16.9 Å². The minimum Gasteiger partial charge on any atom is -0.438 e. The van der Waals surface area contributed by atoms with Gasteiger partial charge >= 0.3 is 0 Å². The Labute approximate surface area is 164 Å². The third-order valence-electron chi connectivity index (χ3n) is 5.40. The van der Waals surface area contributed by atoms with Gasteiger partial charge in [0, 0.05) is 43.6 Å². The van der Waals surface area contributed by atoms with Crippen LogP contribution in [-0.2, 0) is 17.7 Å². The van der Waals surface area contributed by atoms with E-state index in [1.807, 2.05) is 18.2 Å². The highest BCUT2D eigenvalue weighted by molar-refractivity contribution is 5.62. The molecule has 1 saturated heterocycles. The van der Waals surface area contributed by atoms with Crippen molar-refractivity contribution in [1.29, 1.82) is 0 Å².